The number of aliphatic hydroxyl groups excluding tert-OH is 2. The molecule has 11 aromatic rings. The fraction of sp³-hybridized carbons (Fsp3) is 0.0769. The molecule has 1 atom stereocenters. The van der Waals surface area contributed by atoms with Crippen LogP contribution in [0.4, 0.5) is 0 Å². The van der Waals surface area contributed by atoms with Gasteiger partial charge in [-0.25, -0.2) is 0 Å². The van der Waals surface area contributed by atoms with Crippen LogP contribution in [-0.2, 0) is 69.8 Å². The summed E-state index contributed by atoms with van der Waals surface area (Å²) in [5.74, 6) is 0.576. The van der Waals surface area contributed by atoms with E-state index < -0.39 is 6.10 Å². The Hall–Kier alpha value is -6.94. The van der Waals surface area contributed by atoms with Crippen LogP contribution in [0.1, 0.15) is 27.7 Å². The summed E-state index contributed by atoms with van der Waals surface area (Å²) in [7, 11) is 3.16. The van der Waals surface area contributed by atoms with Gasteiger partial charge in [0.05, 0.1) is 17.6 Å². The summed E-state index contributed by atoms with van der Waals surface area (Å²) in [5.41, 5.74) is 8.17. The number of ketones is 1. The summed E-state index contributed by atoms with van der Waals surface area (Å²) in [4.78, 5) is 27.6. The summed E-state index contributed by atoms with van der Waals surface area (Å²) in [6.07, 6.45) is 9.63. The number of carbonyl (C=O) groups excluding carboxylic acids is 1. The summed E-state index contributed by atoms with van der Waals surface area (Å²) in [6, 6.07) is 75.0. The number of aliphatic hydroxyl groups is 2. The van der Waals surface area contributed by atoms with Crippen LogP contribution in [-0.4, -0.2) is 42.0 Å². The molecule has 0 saturated heterocycles. The second kappa shape index (κ2) is 35.4. The van der Waals surface area contributed by atoms with Gasteiger partial charge in [0.2, 0.25) is 0 Å². The van der Waals surface area contributed by atoms with Gasteiger partial charge in [0.25, 0.3) is 0 Å². The molecule has 0 amide bonds. The molecule has 1 unspecified atom stereocenters. The van der Waals surface area contributed by atoms with E-state index in [2.05, 4.69) is 91.8 Å². The number of benzene rings is 6. The molecule has 6 aromatic carbocycles. The number of aromatic nitrogens is 4. The second-order valence-corrected chi connectivity index (χ2v) is 17.1. The molecule has 0 aliphatic rings. The first-order chi connectivity index (χ1) is 36.1. The number of rotatable bonds is 7. The number of pyridine rings is 4. The second-order valence-electron chi connectivity index (χ2n) is 16.1. The molecule has 394 valence electrons. The van der Waals surface area contributed by atoms with E-state index in [0.29, 0.717) is 5.76 Å². The molecule has 0 saturated carbocycles. The number of carbonyl (C=O) groups is 1. The van der Waals surface area contributed by atoms with Gasteiger partial charge in [0, 0.05) is 75.8 Å². The number of fused-ring (bicyclic) bond motifs is 3. The Morgan fingerprint density at radius 3 is 1.35 bits per heavy atom. The Morgan fingerprint density at radius 1 is 0.545 bits per heavy atom. The summed E-state index contributed by atoms with van der Waals surface area (Å²) >= 11 is 1.74. The Kier molecular flexibility index (Phi) is 29.6. The van der Waals surface area contributed by atoms with Crippen LogP contribution in [0.25, 0.3) is 76.7 Å². The predicted molar refractivity (Wildman–Crippen MR) is 303 cm³/mol. The molecule has 11 rings (SSSR count). The van der Waals surface area contributed by atoms with Crippen molar-refractivity contribution in [2.75, 3.05) is 0 Å². The van der Waals surface area contributed by atoms with Crippen molar-refractivity contribution in [2.45, 2.75) is 33.8 Å². The van der Waals surface area contributed by atoms with Crippen molar-refractivity contribution in [3.8, 4) is 45.0 Å². The molecule has 5 aromatic heterocycles. The normalized spacial score (nSPS) is 10.6. The molecule has 0 fully saturated rings. The predicted octanol–water partition coefficient (Wildman–Crippen LogP) is 15.8. The zero-order valence-corrected chi connectivity index (χ0v) is 50.6. The van der Waals surface area contributed by atoms with Crippen LogP contribution in [0.15, 0.2) is 242 Å². The number of allylic oxidation sites excluding steroid dienone is 3. The van der Waals surface area contributed by atoms with Crippen molar-refractivity contribution in [1.82, 2.24) is 19.9 Å². The Labute approximate surface area is 496 Å². The first-order valence-corrected chi connectivity index (χ1v) is 24.4. The Morgan fingerprint density at radius 2 is 0.974 bits per heavy atom. The van der Waals surface area contributed by atoms with E-state index in [4.69, 9.17) is 10.2 Å². The zero-order valence-electron chi connectivity index (χ0n) is 42.6. The fourth-order valence-corrected chi connectivity index (χ4v) is 7.94. The monoisotopic (exact) mass is 1570 g/mol. The minimum absolute atomic E-state index is 0. The van der Waals surface area contributed by atoms with Gasteiger partial charge in [0.15, 0.2) is 5.78 Å². The van der Waals surface area contributed by atoms with Crippen LogP contribution < -0.4 is 0 Å². The maximum atomic E-state index is 10.0. The molecular formula is C65H55Ir3N4O4S-2. The molecule has 0 aliphatic carbocycles. The van der Waals surface area contributed by atoms with Gasteiger partial charge in [-0.3, -0.25) is 4.79 Å². The van der Waals surface area contributed by atoms with Crippen LogP contribution >= 0.6 is 11.3 Å². The van der Waals surface area contributed by atoms with E-state index in [-0.39, 0.29) is 71.9 Å². The third-order valence-corrected chi connectivity index (χ3v) is 11.3. The number of hydrogen-bond donors (Lipinski definition) is 2. The standard InChI is InChI=1S/2C15H10N.C13H8NS.C11H8N.C6H11O2.C5H8O2.3Ir/c2*1-2-7-13(8-3-1)15-14-9-5-4-6-12(14)10-11-16-15;1-2-4-10(5-3-1)13-11-7-9-15-12(11)6-8-14-13;1-2-6-10(7-3-1)11-8-4-5-9-12-11;1-5(7)4-6(2)8-3;1-4(6)3-5(2)7;;;/h2*1-7,9-11H;1-4,6-9H;1-6,8-9H;4-5,7H,3H2,1-2H3;3,6H,1-2H3;;;/q5*-1;;;;+3. The quantitative estimate of drug-likeness (QED) is 0.0920. The average Bonchev–Trinajstić information content (AvgIpc) is 3.95. The number of hydrogen-bond acceptors (Lipinski definition) is 9. The Balaban J connectivity index is 0.000000247. The molecule has 0 bridgehead atoms. The van der Waals surface area contributed by atoms with Gasteiger partial charge in [-0.1, -0.05) is 66.7 Å². The van der Waals surface area contributed by atoms with Crippen LogP contribution in [0, 0.1) is 31.4 Å². The van der Waals surface area contributed by atoms with Crippen molar-refractivity contribution >= 4 is 48.8 Å². The van der Waals surface area contributed by atoms with Gasteiger partial charge in [-0.15, -0.1) is 155 Å². The van der Waals surface area contributed by atoms with E-state index in [0.717, 1.165) is 45.0 Å². The molecule has 5 heterocycles. The van der Waals surface area contributed by atoms with E-state index in [9.17, 15) is 4.79 Å². The van der Waals surface area contributed by atoms with Gasteiger partial charge in [-0.2, -0.15) is 7.11 Å². The first kappa shape index (κ1) is 64.3. The molecule has 2 radical (unpaired) electrons. The maximum Gasteiger partial charge on any atom is 3.00 e. The number of thiophene rings is 1. The van der Waals surface area contributed by atoms with E-state index >= 15 is 0 Å². The molecule has 0 aliphatic heterocycles. The maximum absolute atomic E-state index is 10.0. The van der Waals surface area contributed by atoms with Crippen molar-refractivity contribution in [2.24, 2.45) is 0 Å². The summed E-state index contributed by atoms with van der Waals surface area (Å²) < 4.78 is 5.79. The molecule has 8 nitrogen and oxygen atoms in total. The van der Waals surface area contributed by atoms with E-state index in [1.54, 1.807) is 37.5 Å². The van der Waals surface area contributed by atoms with Gasteiger partial charge in [0.1, 0.15) is 0 Å². The van der Waals surface area contributed by atoms with E-state index in [1.807, 2.05) is 176 Å². The zero-order chi connectivity index (χ0) is 52.3. The number of nitrogens with zero attached hydrogens (tertiary/aromatic N) is 4. The molecule has 2 N–H and O–H groups in total. The number of ether oxygens (including phenoxy) is 1. The minimum Gasteiger partial charge on any atom is -0.669 e. The third-order valence-electron chi connectivity index (χ3n) is 10.4. The van der Waals surface area contributed by atoms with Crippen molar-refractivity contribution < 1.29 is 80.1 Å². The van der Waals surface area contributed by atoms with Gasteiger partial charge < -0.3 is 34.9 Å². The van der Waals surface area contributed by atoms with E-state index in [1.165, 1.54) is 51.6 Å². The topological polar surface area (TPSA) is 118 Å². The molecular weight excluding hydrogens is 1510 g/mol. The SMILES string of the molecule is CC(=O)C=C(C)O.[CH2-]OC(C)=CC(C)O.[Ir+3].[Ir].[Ir].[c-]1ccccc1-c1ccccn1.[c-]1ccccc1-c1nccc2ccccc12.[c-]1ccccc1-c1nccc2ccccc12.[c-]1ccccc1-c1nccc2sccc12. The summed E-state index contributed by atoms with van der Waals surface area (Å²) in [5, 5.41) is 25.1. The van der Waals surface area contributed by atoms with Crippen molar-refractivity contribution in [1.29, 1.82) is 0 Å². The summed E-state index contributed by atoms with van der Waals surface area (Å²) in [6.45, 7) is 6.24. The third kappa shape index (κ3) is 21.2. The smallest absolute Gasteiger partial charge is 0.669 e. The fourth-order valence-electron chi connectivity index (χ4n) is 7.16. The largest absolute Gasteiger partial charge is 3.00 e. The van der Waals surface area contributed by atoms with Gasteiger partial charge in [-0.05, 0) is 113 Å². The van der Waals surface area contributed by atoms with Crippen molar-refractivity contribution in [3.63, 3.8) is 0 Å². The van der Waals surface area contributed by atoms with Crippen LogP contribution in [0.3, 0.4) is 0 Å². The molecule has 0 spiro atoms. The minimum atomic E-state index is -0.447. The average molecular weight is 1560 g/mol. The Bertz CT molecular complexity index is 3310. The molecule has 77 heavy (non-hydrogen) atoms. The van der Waals surface area contributed by atoms with Crippen molar-refractivity contribution in [3.05, 3.63) is 273 Å². The van der Waals surface area contributed by atoms with Gasteiger partial charge >= 0.3 is 20.1 Å². The first-order valence-electron chi connectivity index (χ1n) is 23.6. The molecule has 12 heteroatoms. The van der Waals surface area contributed by atoms with Crippen LogP contribution in [0.5, 0.6) is 0 Å². The van der Waals surface area contributed by atoms with Crippen LogP contribution in [0.2, 0.25) is 0 Å².